The highest BCUT2D eigenvalue weighted by molar-refractivity contribution is 5.69. The van der Waals surface area contributed by atoms with E-state index in [-0.39, 0.29) is 0 Å². The fraction of sp³-hybridized carbons (Fsp3) is 0. The summed E-state index contributed by atoms with van der Waals surface area (Å²) in [5, 5.41) is 8.36. The smallest absolute Gasteiger partial charge is 0.169 e. The molecule has 0 amide bonds. The molecule has 0 saturated carbocycles. The highest BCUT2D eigenvalue weighted by Crippen LogP contribution is 2.00. The Labute approximate surface area is 58.7 Å². The molecule has 0 fully saturated rings. The lowest BCUT2D eigenvalue weighted by Crippen LogP contribution is -1.88. The molecule has 0 aliphatic rings. The van der Waals surface area contributed by atoms with Crippen LogP contribution in [0.3, 0.4) is 0 Å². The molecule has 3 heteroatoms. The third-order valence-electron chi connectivity index (χ3n) is 0.971. The summed E-state index contributed by atoms with van der Waals surface area (Å²) in [5.74, 6) is 0.394. The summed E-state index contributed by atoms with van der Waals surface area (Å²) in [7, 11) is 0. The van der Waals surface area contributed by atoms with Gasteiger partial charge in [0.05, 0.1) is 5.57 Å². The van der Waals surface area contributed by atoms with E-state index in [2.05, 4.69) is 16.5 Å². The first-order valence-corrected chi connectivity index (χ1v) is 2.71. The Kier molecular flexibility index (Phi) is 1.76. The minimum absolute atomic E-state index is 0.292. The third kappa shape index (κ3) is 1.17. The molecule has 1 heterocycles. The molecule has 3 nitrogen and oxygen atoms in total. The van der Waals surface area contributed by atoms with Crippen molar-refractivity contribution in [2.24, 2.45) is 0 Å². The predicted octanol–water partition coefficient (Wildman–Crippen LogP) is 1.01. The van der Waals surface area contributed by atoms with Gasteiger partial charge in [-0.3, -0.25) is 0 Å². The van der Waals surface area contributed by atoms with E-state index in [9.17, 15) is 0 Å². The summed E-state index contributed by atoms with van der Waals surface area (Å²) in [6, 6.07) is 3.55. The second kappa shape index (κ2) is 2.74. The van der Waals surface area contributed by atoms with E-state index in [1.165, 1.54) is 0 Å². The summed E-state index contributed by atoms with van der Waals surface area (Å²) >= 11 is 0. The van der Waals surface area contributed by atoms with Gasteiger partial charge in [0.1, 0.15) is 6.07 Å². The summed E-state index contributed by atoms with van der Waals surface area (Å²) in [6.45, 7) is 3.46. The fourth-order valence-electron chi connectivity index (χ4n) is 0.505. The van der Waals surface area contributed by atoms with Gasteiger partial charge in [-0.2, -0.15) is 5.26 Å². The van der Waals surface area contributed by atoms with Crippen molar-refractivity contribution in [2.45, 2.75) is 0 Å². The standard InChI is InChI=1S/C7H5N3/c1-6(5-8)7-9-3-2-4-10-7/h2-4H,1H2. The molecule has 0 radical (unpaired) electrons. The van der Waals surface area contributed by atoms with Gasteiger partial charge in [-0.25, -0.2) is 9.97 Å². The fourth-order valence-corrected chi connectivity index (χ4v) is 0.505. The van der Waals surface area contributed by atoms with Gasteiger partial charge in [-0.05, 0) is 6.07 Å². The highest BCUT2D eigenvalue weighted by atomic mass is 14.8. The van der Waals surface area contributed by atoms with Gasteiger partial charge in [0.25, 0.3) is 0 Å². The van der Waals surface area contributed by atoms with Gasteiger partial charge in [0.15, 0.2) is 5.82 Å². The van der Waals surface area contributed by atoms with Crippen LogP contribution >= 0.6 is 0 Å². The molecule has 0 atom stereocenters. The van der Waals surface area contributed by atoms with Gasteiger partial charge >= 0.3 is 0 Å². The van der Waals surface area contributed by atoms with E-state index in [1.54, 1.807) is 18.5 Å². The van der Waals surface area contributed by atoms with E-state index in [4.69, 9.17) is 5.26 Å². The van der Waals surface area contributed by atoms with Crippen LogP contribution in [0.2, 0.25) is 0 Å². The number of nitrogens with zero attached hydrogens (tertiary/aromatic N) is 3. The maximum Gasteiger partial charge on any atom is 0.169 e. The van der Waals surface area contributed by atoms with Gasteiger partial charge in [0, 0.05) is 12.4 Å². The first-order chi connectivity index (χ1) is 4.84. The van der Waals surface area contributed by atoms with Gasteiger partial charge in [0.2, 0.25) is 0 Å². The Bertz CT molecular complexity index is 271. The van der Waals surface area contributed by atoms with Crippen molar-refractivity contribution in [3.63, 3.8) is 0 Å². The Morgan fingerprint density at radius 3 is 2.60 bits per heavy atom. The first-order valence-electron chi connectivity index (χ1n) is 2.71. The van der Waals surface area contributed by atoms with Crippen molar-refractivity contribution < 1.29 is 0 Å². The molecule has 48 valence electrons. The van der Waals surface area contributed by atoms with E-state index in [0.29, 0.717) is 11.4 Å². The molecular formula is C7H5N3. The van der Waals surface area contributed by atoms with E-state index < -0.39 is 0 Å². The predicted molar refractivity (Wildman–Crippen MR) is 36.7 cm³/mol. The molecule has 0 saturated heterocycles. The lowest BCUT2D eigenvalue weighted by molar-refractivity contribution is 1.12. The molecule has 1 aromatic heterocycles. The molecule has 10 heavy (non-hydrogen) atoms. The molecule has 0 aliphatic heterocycles. The minimum Gasteiger partial charge on any atom is -0.236 e. The average Bonchev–Trinajstić information content (AvgIpc) is 2.05. The van der Waals surface area contributed by atoms with Gasteiger partial charge in [-0.1, -0.05) is 6.58 Å². The largest absolute Gasteiger partial charge is 0.236 e. The second-order valence-electron chi connectivity index (χ2n) is 1.66. The molecule has 0 unspecified atom stereocenters. The van der Waals surface area contributed by atoms with Crippen LogP contribution in [0.25, 0.3) is 5.57 Å². The Hall–Kier alpha value is -1.69. The van der Waals surface area contributed by atoms with Crippen LogP contribution in [0.4, 0.5) is 0 Å². The first kappa shape index (κ1) is 6.43. The van der Waals surface area contributed by atoms with E-state index >= 15 is 0 Å². The number of hydrogen-bond donors (Lipinski definition) is 0. The quantitative estimate of drug-likeness (QED) is 0.534. The van der Waals surface area contributed by atoms with Crippen molar-refractivity contribution in [3.05, 3.63) is 30.9 Å². The summed E-state index contributed by atoms with van der Waals surface area (Å²) in [6.07, 6.45) is 3.15. The maximum atomic E-state index is 8.36. The lowest BCUT2D eigenvalue weighted by atomic mass is 10.3. The number of rotatable bonds is 1. The lowest BCUT2D eigenvalue weighted by Gasteiger charge is -1.89. The van der Waals surface area contributed by atoms with Crippen molar-refractivity contribution in [1.82, 2.24) is 9.97 Å². The van der Waals surface area contributed by atoms with Crippen molar-refractivity contribution in [2.75, 3.05) is 0 Å². The number of allylic oxidation sites excluding steroid dienone is 1. The Morgan fingerprint density at radius 2 is 2.10 bits per heavy atom. The van der Waals surface area contributed by atoms with Crippen molar-refractivity contribution in [3.8, 4) is 6.07 Å². The van der Waals surface area contributed by atoms with Crippen molar-refractivity contribution in [1.29, 1.82) is 5.26 Å². The van der Waals surface area contributed by atoms with Gasteiger partial charge < -0.3 is 0 Å². The van der Waals surface area contributed by atoms with Crippen LogP contribution in [0.5, 0.6) is 0 Å². The molecular weight excluding hydrogens is 126 g/mol. The average molecular weight is 131 g/mol. The molecule has 0 aliphatic carbocycles. The molecule has 1 aromatic rings. The van der Waals surface area contributed by atoms with Crippen LogP contribution in [-0.2, 0) is 0 Å². The topological polar surface area (TPSA) is 49.6 Å². The number of hydrogen-bond acceptors (Lipinski definition) is 3. The van der Waals surface area contributed by atoms with Crippen LogP contribution in [0.1, 0.15) is 5.82 Å². The number of aromatic nitrogens is 2. The zero-order chi connectivity index (χ0) is 7.40. The third-order valence-corrected chi connectivity index (χ3v) is 0.971. The van der Waals surface area contributed by atoms with E-state index in [0.717, 1.165) is 0 Å². The summed E-state index contributed by atoms with van der Waals surface area (Å²) in [4.78, 5) is 7.63. The van der Waals surface area contributed by atoms with Crippen molar-refractivity contribution >= 4 is 5.57 Å². The van der Waals surface area contributed by atoms with Gasteiger partial charge in [-0.15, -0.1) is 0 Å². The molecule has 0 aromatic carbocycles. The number of nitriles is 1. The molecule has 0 spiro atoms. The molecule has 0 bridgehead atoms. The highest BCUT2D eigenvalue weighted by Gasteiger charge is 1.96. The molecule has 1 rings (SSSR count). The molecule has 0 N–H and O–H groups in total. The van der Waals surface area contributed by atoms with Crippen LogP contribution < -0.4 is 0 Å². The summed E-state index contributed by atoms with van der Waals surface area (Å²) < 4.78 is 0. The zero-order valence-electron chi connectivity index (χ0n) is 5.28. The minimum atomic E-state index is 0.292. The van der Waals surface area contributed by atoms with Crippen LogP contribution in [0, 0.1) is 11.3 Å². The summed E-state index contributed by atoms with van der Waals surface area (Å²) in [5.41, 5.74) is 0.292. The van der Waals surface area contributed by atoms with E-state index in [1.807, 2.05) is 6.07 Å². The Morgan fingerprint density at radius 1 is 1.50 bits per heavy atom. The second-order valence-corrected chi connectivity index (χ2v) is 1.66. The van der Waals surface area contributed by atoms with Crippen LogP contribution in [-0.4, -0.2) is 9.97 Å². The van der Waals surface area contributed by atoms with Crippen LogP contribution in [0.15, 0.2) is 25.0 Å². The Balaban J connectivity index is 2.99. The maximum absolute atomic E-state index is 8.36. The monoisotopic (exact) mass is 131 g/mol. The SMILES string of the molecule is C=C(C#N)c1ncccn1. The normalized spacial score (nSPS) is 8.30. The zero-order valence-corrected chi connectivity index (χ0v) is 5.28.